The molecule has 0 spiro atoms. The number of ether oxygens (including phenoxy) is 3. The lowest BCUT2D eigenvalue weighted by atomic mass is 10.1. The van der Waals surface area contributed by atoms with E-state index in [1.54, 1.807) is 39.3 Å². The quantitative estimate of drug-likeness (QED) is 0.587. The number of aryl methyl sites for hydroxylation is 2. The van der Waals surface area contributed by atoms with Gasteiger partial charge < -0.3 is 24.1 Å². The molecule has 8 nitrogen and oxygen atoms in total. The topological polar surface area (TPSA) is 95.7 Å². The highest BCUT2D eigenvalue weighted by Crippen LogP contribution is 2.31. The summed E-state index contributed by atoms with van der Waals surface area (Å²) in [6, 6.07) is 9.31. The Kier molecular flexibility index (Phi) is 6.79. The Labute approximate surface area is 181 Å². The third-order valence-corrected chi connectivity index (χ3v) is 4.97. The van der Waals surface area contributed by atoms with E-state index < -0.39 is 6.10 Å². The van der Waals surface area contributed by atoms with Gasteiger partial charge >= 0.3 is 0 Å². The maximum absolute atomic E-state index is 12.5. The van der Waals surface area contributed by atoms with Crippen LogP contribution < -0.4 is 19.5 Å². The van der Waals surface area contributed by atoms with Crippen molar-refractivity contribution in [2.24, 2.45) is 0 Å². The molecule has 0 saturated carbocycles. The number of amides is 1. The van der Waals surface area contributed by atoms with E-state index in [1.165, 1.54) is 0 Å². The minimum Gasteiger partial charge on any atom is -0.497 e. The zero-order valence-electron chi connectivity index (χ0n) is 18.6. The van der Waals surface area contributed by atoms with Gasteiger partial charge in [-0.15, -0.1) is 0 Å². The number of nitrogens with zero attached hydrogens (tertiary/aromatic N) is 2. The molecule has 2 aromatic carbocycles. The third-order valence-electron chi connectivity index (χ3n) is 4.97. The minimum atomic E-state index is -0.677. The van der Waals surface area contributed by atoms with Gasteiger partial charge in [0.05, 0.1) is 26.3 Å². The Morgan fingerprint density at radius 3 is 2.58 bits per heavy atom. The number of carbonyl (C=O) groups excluding carboxylic acids is 1. The molecule has 0 saturated heterocycles. The van der Waals surface area contributed by atoms with E-state index in [-0.39, 0.29) is 18.3 Å². The summed E-state index contributed by atoms with van der Waals surface area (Å²) in [4.78, 5) is 16.8. The van der Waals surface area contributed by atoms with Gasteiger partial charge in [0.1, 0.15) is 17.2 Å². The second-order valence-corrected chi connectivity index (χ2v) is 7.26. The molecule has 1 atom stereocenters. The maximum atomic E-state index is 12.5. The lowest BCUT2D eigenvalue weighted by Gasteiger charge is -2.17. The summed E-state index contributed by atoms with van der Waals surface area (Å²) in [5.74, 6) is 2.27. The molecule has 1 aromatic heterocycles. The van der Waals surface area contributed by atoms with Crippen molar-refractivity contribution in [2.45, 2.75) is 40.3 Å². The van der Waals surface area contributed by atoms with E-state index in [9.17, 15) is 4.79 Å². The zero-order valence-corrected chi connectivity index (χ0v) is 18.6. The van der Waals surface area contributed by atoms with Gasteiger partial charge in [-0.25, -0.2) is 0 Å². The molecule has 31 heavy (non-hydrogen) atoms. The molecule has 8 heteroatoms. The lowest BCUT2D eigenvalue weighted by molar-refractivity contribution is -0.127. The number of hydrogen-bond donors (Lipinski definition) is 1. The second-order valence-electron chi connectivity index (χ2n) is 7.26. The van der Waals surface area contributed by atoms with Crippen molar-refractivity contribution in [3.05, 3.63) is 52.9 Å². The fourth-order valence-electron chi connectivity index (χ4n) is 3.09. The number of nitrogens with one attached hydrogen (secondary N) is 1. The molecule has 1 amide bonds. The average molecular weight is 425 g/mol. The summed E-state index contributed by atoms with van der Waals surface area (Å²) in [5, 5.41) is 6.75. The molecule has 3 rings (SSSR count). The largest absolute Gasteiger partial charge is 0.497 e. The standard InChI is InChI=1S/C23H27N3O5/c1-13-9-14(2)15(3)19(10-13)30-16(4)23(27)24-12-21-25-22(26-31-21)18-8-7-17(28-5)11-20(18)29-6/h7-11,16H,12H2,1-6H3,(H,24,27)/t16-/m0/s1. The SMILES string of the molecule is COc1ccc(-c2noc(CNC(=O)[C@H](C)Oc3cc(C)cc(C)c3C)n2)c(OC)c1. The van der Waals surface area contributed by atoms with E-state index in [0.29, 0.717) is 28.6 Å². The van der Waals surface area contributed by atoms with Crippen LogP contribution in [0.4, 0.5) is 0 Å². The van der Waals surface area contributed by atoms with Crippen molar-refractivity contribution >= 4 is 5.91 Å². The van der Waals surface area contributed by atoms with Crippen molar-refractivity contribution in [1.82, 2.24) is 15.5 Å². The van der Waals surface area contributed by atoms with E-state index in [2.05, 4.69) is 21.5 Å². The minimum absolute atomic E-state index is 0.0871. The number of hydrogen-bond acceptors (Lipinski definition) is 7. The Morgan fingerprint density at radius 1 is 1.10 bits per heavy atom. The molecule has 0 fully saturated rings. The highest BCUT2D eigenvalue weighted by molar-refractivity contribution is 5.80. The molecule has 0 radical (unpaired) electrons. The molecular formula is C23H27N3O5. The van der Waals surface area contributed by atoms with Crippen molar-refractivity contribution < 1.29 is 23.5 Å². The second kappa shape index (κ2) is 9.51. The van der Waals surface area contributed by atoms with Gasteiger partial charge in [0.25, 0.3) is 5.91 Å². The molecule has 1 heterocycles. The Balaban J connectivity index is 1.63. The lowest BCUT2D eigenvalue weighted by Crippen LogP contribution is -2.36. The summed E-state index contributed by atoms with van der Waals surface area (Å²) in [6.07, 6.45) is -0.677. The van der Waals surface area contributed by atoms with Gasteiger partial charge in [0, 0.05) is 6.07 Å². The van der Waals surface area contributed by atoms with Crippen LogP contribution in [0.1, 0.15) is 29.5 Å². The first kappa shape index (κ1) is 22.1. The van der Waals surface area contributed by atoms with Gasteiger partial charge in [-0.3, -0.25) is 4.79 Å². The van der Waals surface area contributed by atoms with E-state index >= 15 is 0 Å². The highest BCUT2D eigenvalue weighted by Gasteiger charge is 2.19. The fourth-order valence-corrected chi connectivity index (χ4v) is 3.09. The van der Waals surface area contributed by atoms with Crippen LogP contribution in [0.2, 0.25) is 0 Å². The molecule has 3 aromatic rings. The van der Waals surface area contributed by atoms with Crippen molar-refractivity contribution in [2.75, 3.05) is 14.2 Å². The first-order chi connectivity index (χ1) is 14.8. The average Bonchev–Trinajstić information content (AvgIpc) is 3.23. The Bertz CT molecular complexity index is 1080. The number of aromatic nitrogens is 2. The molecule has 0 aliphatic carbocycles. The maximum Gasteiger partial charge on any atom is 0.261 e. The number of methoxy groups -OCH3 is 2. The van der Waals surface area contributed by atoms with E-state index in [4.69, 9.17) is 18.7 Å². The molecule has 1 N–H and O–H groups in total. The highest BCUT2D eigenvalue weighted by atomic mass is 16.5. The van der Waals surface area contributed by atoms with Gasteiger partial charge in [-0.1, -0.05) is 11.2 Å². The predicted octanol–water partition coefficient (Wildman–Crippen LogP) is 3.76. The molecule has 0 aliphatic heterocycles. The Hall–Kier alpha value is -3.55. The normalized spacial score (nSPS) is 11.7. The summed E-state index contributed by atoms with van der Waals surface area (Å²) < 4.78 is 21.7. The predicted molar refractivity (Wildman–Crippen MR) is 115 cm³/mol. The third kappa shape index (κ3) is 5.14. The van der Waals surface area contributed by atoms with Crippen LogP contribution in [0.3, 0.4) is 0 Å². The van der Waals surface area contributed by atoms with Crippen molar-refractivity contribution in [3.63, 3.8) is 0 Å². The molecular weight excluding hydrogens is 398 g/mol. The van der Waals surface area contributed by atoms with Crippen molar-refractivity contribution in [1.29, 1.82) is 0 Å². The molecule has 0 unspecified atom stereocenters. The molecule has 164 valence electrons. The first-order valence-corrected chi connectivity index (χ1v) is 9.89. The smallest absolute Gasteiger partial charge is 0.261 e. The van der Waals surface area contributed by atoms with Crippen LogP contribution >= 0.6 is 0 Å². The summed E-state index contributed by atoms with van der Waals surface area (Å²) in [6.45, 7) is 7.78. The molecule has 0 bridgehead atoms. The van der Waals surface area contributed by atoms with Gasteiger partial charge in [-0.05, 0) is 62.6 Å². The van der Waals surface area contributed by atoms with Crippen LogP contribution in [0.15, 0.2) is 34.9 Å². The van der Waals surface area contributed by atoms with E-state index in [1.807, 2.05) is 26.8 Å². The summed E-state index contributed by atoms with van der Waals surface area (Å²) >= 11 is 0. The van der Waals surface area contributed by atoms with Gasteiger partial charge in [0.15, 0.2) is 6.10 Å². The molecule has 0 aliphatic rings. The van der Waals surface area contributed by atoms with Gasteiger partial charge in [-0.2, -0.15) is 4.98 Å². The number of benzene rings is 2. The van der Waals surface area contributed by atoms with Crippen LogP contribution in [0.5, 0.6) is 17.2 Å². The summed E-state index contributed by atoms with van der Waals surface area (Å²) in [5.41, 5.74) is 3.87. The van der Waals surface area contributed by atoms with Crippen LogP contribution in [0, 0.1) is 20.8 Å². The first-order valence-electron chi connectivity index (χ1n) is 9.89. The number of carbonyl (C=O) groups is 1. The van der Waals surface area contributed by atoms with E-state index in [0.717, 1.165) is 16.7 Å². The van der Waals surface area contributed by atoms with Crippen LogP contribution in [0.25, 0.3) is 11.4 Å². The van der Waals surface area contributed by atoms with Crippen molar-refractivity contribution in [3.8, 4) is 28.6 Å². The monoisotopic (exact) mass is 425 g/mol. The van der Waals surface area contributed by atoms with Crippen LogP contribution in [-0.2, 0) is 11.3 Å². The van der Waals surface area contributed by atoms with Gasteiger partial charge in [0.2, 0.25) is 11.7 Å². The number of rotatable bonds is 8. The zero-order chi connectivity index (χ0) is 22.5. The fraction of sp³-hybridized carbons (Fsp3) is 0.348. The Morgan fingerprint density at radius 2 is 1.87 bits per heavy atom. The van der Waals surface area contributed by atoms with Crippen LogP contribution in [-0.4, -0.2) is 36.4 Å². The summed E-state index contributed by atoms with van der Waals surface area (Å²) in [7, 11) is 3.13.